The smallest absolute Gasteiger partial charge is 0.0139 e. The van der Waals surface area contributed by atoms with Crippen molar-refractivity contribution in [1.82, 2.24) is 5.32 Å². The van der Waals surface area contributed by atoms with Crippen molar-refractivity contribution in [3.63, 3.8) is 0 Å². The van der Waals surface area contributed by atoms with Gasteiger partial charge in [0, 0.05) is 12.1 Å². The maximum Gasteiger partial charge on any atom is 0.0139 e. The van der Waals surface area contributed by atoms with Crippen LogP contribution in [0.1, 0.15) is 38.5 Å². The van der Waals surface area contributed by atoms with Crippen LogP contribution in [-0.2, 0) is 0 Å². The van der Waals surface area contributed by atoms with Crippen LogP contribution in [0.15, 0.2) is 12.2 Å². The first kappa shape index (κ1) is 8.05. The van der Waals surface area contributed by atoms with Crippen molar-refractivity contribution in [2.24, 2.45) is 11.8 Å². The molecule has 2 bridgehead atoms. The van der Waals surface area contributed by atoms with E-state index in [1.165, 1.54) is 38.5 Å². The highest BCUT2D eigenvalue weighted by molar-refractivity contribution is 5.01. The van der Waals surface area contributed by atoms with E-state index in [1.807, 2.05) is 0 Å². The van der Waals surface area contributed by atoms with E-state index in [-0.39, 0.29) is 0 Å². The zero-order valence-corrected chi connectivity index (χ0v) is 8.21. The summed E-state index contributed by atoms with van der Waals surface area (Å²) >= 11 is 0. The molecule has 72 valence electrons. The lowest BCUT2D eigenvalue weighted by molar-refractivity contribution is 0.321. The van der Waals surface area contributed by atoms with E-state index in [4.69, 9.17) is 0 Å². The fourth-order valence-corrected chi connectivity index (χ4v) is 3.50. The standard InChI is InChI=1S/C12H19N/c1-2-4-11(3-1)13-12-8-9-5-6-10(12)7-9/h1-2,9-13H,3-8H2. The molecular formula is C12H19N. The molecule has 2 fully saturated rings. The number of fused-ring (bicyclic) bond motifs is 2. The molecule has 3 atom stereocenters. The largest absolute Gasteiger partial charge is 0.310 e. The second-order valence-electron chi connectivity index (χ2n) is 5.09. The number of nitrogens with one attached hydrogen (secondary N) is 1. The molecule has 3 aliphatic carbocycles. The molecule has 2 saturated carbocycles. The van der Waals surface area contributed by atoms with Crippen LogP contribution in [0.2, 0.25) is 0 Å². The molecular weight excluding hydrogens is 158 g/mol. The molecule has 1 heteroatoms. The molecule has 3 rings (SSSR count). The Morgan fingerprint density at radius 3 is 2.46 bits per heavy atom. The third-order valence-electron chi connectivity index (χ3n) is 4.20. The fourth-order valence-electron chi connectivity index (χ4n) is 3.50. The summed E-state index contributed by atoms with van der Waals surface area (Å²) in [5, 5.41) is 3.85. The Morgan fingerprint density at radius 1 is 1.00 bits per heavy atom. The minimum Gasteiger partial charge on any atom is -0.310 e. The first-order valence-corrected chi connectivity index (χ1v) is 5.83. The van der Waals surface area contributed by atoms with Crippen molar-refractivity contribution < 1.29 is 0 Å². The van der Waals surface area contributed by atoms with Gasteiger partial charge in [-0.15, -0.1) is 0 Å². The van der Waals surface area contributed by atoms with Crippen LogP contribution in [-0.4, -0.2) is 12.1 Å². The van der Waals surface area contributed by atoms with Gasteiger partial charge in [-0.2, -0.15) is 0 Å². The molecule has 0 amide bonds. The minimum absolute atomic E-state index is 0.782. The van der Waals surface area contributed by atoms with Gasteiger partial charge in [0.25, 0.3) is 0 Å². The Labute approximate surface area is 80.6 Å². The van der Waals surface area contributed by atoms with Gasteiger partial charge in [-0.3, -0.25) is 0 Å². The molecule has 3 aliphatic rings. The van der Waals surface area contributed by atoms with E-state index in [0.717, 1.165) is 23.9 Å². The van der Waals surface area contributed by atoms with Gasteiger partial charge >= 0.3 is 0 Å². The molecule has 1 nitrogen and oxygen atoms in total. The number of hydrogen-bond acceptors (Lipinski definition) is 1. The monoisotopic (exact) mass is 177 g/mol. The van der Waals surface area contributed by atoms with Crippen LogP contribution in [0.3, 0.4) is 0 Å². The summed E-state index contributed by atoms with van der Waals surface area (Å²) < 4.78 is 0. The summed E-state index contributed by atoms with van der Waals surface area (Å²) in [6.07, 6.45) is 13.2. The van der Waals surface area contributed by atoms with Crippen molar-refractivity contribution in [2.45, 2.75) is 50.6 Å². The summed E-state index contributed by atoms with van der Waals surface area (Å²) in [5.41, 5.74) is 0. The van der Waals surface area contributed by atoms with Crippen LogP contribution in [0, 0.1) is 11.8 Å². The van der Waals surface area contributed by atoms with Crippen molar-refractivity contribution in [1.29, 1.82) is 0 Å². The Morgan fingerprint density at radius 2 is 1.85 bits per heavy atom. The van der Waals surface area contributed by atoms with E-state index in [2.05, 4.69) is 17.5 Å². The van der Waals surface area contributed by atoms with Gasteiger partial charge in [-0.25, -0.2) is 0 Å². The third kappa shape index (κ3) is 1.43. The van der Waals surface area contributed by atoms with Crippen molar-refractivity contribution in [3.05, 3.63) is 12.2 Å². The summed E-state index contributed by atoms with van der Waals surface area (Å²) in [5.74, 6) is 2.11. The molecule has 0 saturated heterocycles. The Balaban J connectivity index is 1.56. The topological polar surface area (TPSA) is 12.0 Å². The number of hydrogen-bond donors (Lipinski definition) is 1. The maximum absolute atomic E-state index is 3.85. The van der Waals surface area contributed by atoms with Gasteiger partial charge in [0.2, 0.25) is 0 Å². The molecule has 1 N–H and O–H groups in total. The first-order chi connectivity index (χ1) is 6.42. The lowest BCUT2D eigenvalue weighted by Gasteiger charge is -2.26. The number of rotatable bonds is 2. The van der Waals surface area contributed by atoms with Crippen molar-refractivity contribution >= 4 is 0 Å². The Kier molecular flexibility index (Phi) is 1.93. The highest BCUT2D eigenvalue weighted by Crippen LogP contribution is 2.44. The first-order valence-electron chi connectivity index (χ1n) is 5.83. The molecule has 0 aromatic heterocycles. The average Bonchev–Trinajstić information content (AvgIpc) is 2.77. The second-order valence-corrected chi connectivity index (χ2v) is 5.09. The lowest BCUT2D eigenvalue weighted by Crippen LogP contribution is -2.40. The highest BCUT2D eigenvalue weighted by atomic mass is 15.0. The summed E-state index contributed by atoms with van der Waals surface area (Å²) in [6.45, 7) is 0. The van der Waals surface area contributed by atoms with Gasteiger partial charge in [0.15, 0.2) is 0 Å². The normalized spacial score (nSPS) is 43.5. The van der Waals surface area contributed by atoms with E-state index in [9.17, 15) is 0 Å². The zero-order chi connectivity index (χ0) is 8.67. The highest BCUT2D eigenvalue weighted by Gasteiger charge is 2.39. The van der Waals surface area contributed by atoms with Crippen LogP contribution < -0.4 is 5.32 Å². The maximum atomic E-state index is 3.85. The molecule has 13 heavy (non-hydrogen) atoms. The predicted octanol–water partition coefficient (Wildman–Crippen LogP) is 2.48. The Bertz CT molecular complexity index is 213. The second kappa shape index (κ2) is 3.13. The minimum atomic E-state index is 0.782. The predicted molar refractivity (Wildman–Crippen MR) is 54.5 cm³/mol. The molecule has 0 aliphatic heterocycles. The van der Waals surface area contributed by atoms with Gasteiger partial charge in [0.1, 0.15) is 0 Å². The van der Waals surface area contributed by atoms with Crippen LogP contribution in [0.25, 0.3) is 0 Å². The molecule has 0 radical (unpaired) electrons. The average molecular weight is 177 g/mol. The van der Waals surface area contributed by atoms with E-state index < -0.39 is 0 Å². The summed E-state index contributed by atoms with van der Waals surface area (Å²) in [4.78, 5) is 0. The molecule has 0 aromatic rings. The Hall–Kier alpha value is -0.300. The third-order valence-corrected chi connectivity index (χ3v) is 4.20. The SMILES string of the molecule is C1=CCC(NC2CC3CCC2C3)C1. The van der Waals surface area contributed by atoms with Crippen LogP contribution >= 0.6 is 0 Å². The van der Waals surface area contributed by atoms with Gasteiger partial charge in [-0.1, -0.05) is 18.6 Å². The van der Waals surface area contributed by atoms with Crippen LogP contribution in [0.4, 0.5) is 0 Å². The van der Waals surface area contributed by atoms with E-state index >= 15 is 0 Å². The summed E-state index contributed by atoms with van der Waals surface area (Å²) in [7, 11) is 0. The van der Waals surface area contributed by atoms with Crippen molar-refractivity contribution in [2.75, 3.05) is 0 Å². The fraction of sp³-hybridized carbons (Fsp3) is 0.833. The van der Waals surface area contributed by atoms with Gasteiger partial charge in [0.05, 0.1) is 0 Å². The van der Waals surface area contributed by atoms with Gasteiger partial charge < -0.3 is 5.32 Å². The molecule has 0 aromatic carbocycles. The molecule has 3 unspecified atom stereocenters. The van der Waals surface area contributed by atoms with E-state index in [0.29, 0.717) is 0 Å². The van der Waals surface area contributed by atoms with E-state index in [1.54, 1.807) is 0 Å². The zero-order valence-electron chi connectivity index (χ0n) is 8.21. The van der Waals surface area contributed by atoms with Gasteiger partial charge in [-0.05, 0) is 43.9 Å². The summed E-state index contributed by atoms with van der Waals surface area (Å²) in [6, 6.07) is 1.66. The lowest BCUT2D eigenvalue weighted by atomic mass is 9.94. The van der Waals surface area contributed by atoms with Crippen LogP contribution in [0.5, 0.6) is 0 Å². The quantitative estimate of drug-likeness (QED) is 0.639. The van der Waals surface area contributed by atoms with Crippen molar-refractivity contribution in [3.8, 4) is 0 Å². The molecule has 0 heterocycles. The molecule has 0 spiro atoms.